The van der Waals surface area contributed by atoms with Crippen molar-refractivity contribution in [3.05, 3.63) is 72.9 Å². The summed E-state index contributed by atoms with van der Waals surface area (Å²) in [6, 6.07) is 0. The molecule has 0 aliphatic heterocycles. The van der Waals surface area contributed by atoms with Crippen molar-refractivity contribution in [2.75, 3.05) is 26.4 Å². The smallest absolute Gasteiger partial charge is 0.462 e. The average Bonchev–Trinajstić information content (AvgIpc) is 3.32. The molecule has 0 aliphatic carbocycles. The van der Waals surface area contributed by atoms with Crippen molar-refractivity contribution in [1.82, 2.24) is 0 Å². The Morgan fingerprint density at radius 2 is 0.794 bits per heavy atom. The molecule has 0 saturated carbocycles. The minimum Gasteiger partial charge on any atom is -0.462 e. The molecule has 0 aliphatic rings. The third-order valence-corrected chi connectivity index (χ3v) is 12.1. The van der Waals surface area contributed by atoms with E-state index in [-0.39, 0.29) is 25.9 Å². The van der Waals surface area contributed by atoms with Crippen molar-refractivity contribution < 1.29 is 52.2 Å². The van der Waals surface area contributed by atoms with Gasteiger partial charge in [0.1, 0.15) is 12.7 Å². The Morgan fingerprint density at radius 1 is 0.426 bits per heavy atom. The van der Waals surface area contributed by atoms with Gasteiger partial charge in [-0.15, -0.1) is 0 Å². The molecule has 0 aromatic heterocycles. The number of hydrogen-bond donors (Lipinski definition) is 2. The molecule has 0 saturated heterocycles. The Balaban J connectivity index is 4.82. The van der Waals surface area contributed by atoms with Gasteiger partial charge in [0.15, 0.2) is 6.10 Å². The summed E-state index contributed by atoms with van der Waals surface area (Å²) in [6.07, 6.45) is 54.6. The lowest BCUT2D eigenvalue weighted by Gasteiger charge is -2.21. The van der Waals surface area contributed by atoms with Gasteiger partial charge in [-0.2, -0.15) is 0 Å². The molecule has 0 spiro atoms. The van der Waals surface area contributed by atoms with E-state index in [1.54, 1.807) is 0 Å². The minimum atomic E-state index is -4.76. The number of esters is 3. The number of carbonyl (C=O) groups is 3. The van der Waals surface area contributed by atoms with Gasteiger partial charge in [-0.3, -0.25) is 23.4 Å². The third kappa shape index (κ3) is 48.0. The van der Waals surface area contributed by atoms with Crippen LogP contribution in [0.1, 0.15) is 226 Å². The number of hydrogen-bond acceptors (Lipinski definition) is 10. The quantitative estimate of drug-likeness (QED) is 0.0197. The number of phosphoric acid groups is 1. The lowest BCUT2D eigenvalue weighted by Crippen LogP contribution is -2.30. The molecule has 0 bridgehead atoms. The molecular weight excluding hydrogens is 880 g/mol. The van der Waals surface area contributed by atoms with Gasteiger partial charge in [0, 0.05) is 19.3 Å². The molecule has 0 aromatic rings. The van der Waals surface area contributed by atoms with Crippen LogP contribution in [0.3, 0.4) is 0 Å². The average molecular weight is 977 g/mol. The molecule has 12 heteroatoms. The highest BCUT2D eigenvalue weighted by molar-refractivity contribution is 7.47. The summed E-state index contributed by atoms with van der Waals surface area (Å²) >= 11 is 0. The number of rotatable bonds is 49. The van der Waals surface area contributed by atoms with E-state index in [4.69, 9.17) is 23.3 Å². The summed E-state index contributed by atoms with van der Waals surface area (Å²) in [4.78, 5) is 48.3. The van der Waals surface area contributed by atoms with Crippen LogP contribution < -0.4 is 0 Å². The van der Waals surface area contributed by atoms with E-state index in [1.807, 2.05) is 12.2 Å². The second kappa shape index (κ2) is 50.3. The predicted octanol–water partition coefficient (Wildman–Crippen LogP) is 15.4. The number of aliphatic hydroxyl groups excluding tert-OH is 1. The van der Waals surface area contributed by atoms with E-state index in [9.17, 15) is 28.9 Å². The molecule has 11 nitrogen and oxygen atoms in total. The first-order valence-corrected chi connectivity index (χ1v) is 28.3. The molecule has 68 heavy (non-hydrogen) atoms. The first-order valence-electron chi connectivity index (χ1n) is 26.8. The Kier molecular flexibility index (Phi) is 48.0. The Labute approximate surface area is 414 Å². The van der Waals surface area contributed by atoms with Crippen molar-refractivity contribution in [2.24, 2.45) is 0 Å². The molecular formula is C56H97O11P. The molecule has 3 atom stereocenters. The standard InChI is InChI=1S/C56H97O11P/c1-4-7-10-13-16-19-22-24-25-26-27-29-32-35-38-41-44-47-56(60)67-53(49-63-54(58)45-42-39-36-33-31-28-23-20-17-14-11-8-5-2)51-65-68(61,62)64-50-52(48-57)66-55(59)46-43-40-37-34-30-21-18-15-12-9-6-3/h8,11,16-17,19-20,24-25,28,31,36,39,52-53,57H,4-7,9-10,12-15,18,21-23,26-27,29-30,32-35,37-38,40-51H2,1-3H3,(H,61,62)/b11-8-,19-16-,20-17-,25-24-,31-28-,39-36-. The maximum atomic E-state index is 12.9. The van der Waals surface area contributed by atoms with Gasteiger partial charge in [0.25, 0.3) is 0 Å². The van der Waals surface area contributed by atoms with Crippen molar-refractivity contribution in [2.45, 2.75) is 238 Å². The monoisotopic (exact) mass is 977 g/mol. The molecule has 2 N–H and O–H groups in total. The van der Waals surface area contributed by atoms with Crippen LogP contribution in [0.2, 0.25) is 0 Å². The van der Waals surface area contributed by atoms with Crippen LogP contribution in [0, 0.1) is 0 Å². The molecule has 3 unspecified atom stereocenters. The van der Waals surface area contributed by atoms with Crippen molar-refractivity contribution in [1.29, 1.82) is 0 Å². The van der Waals surface area contributed by atoms with Gasteiger partial charge < -0.3 is 24.2 Å². The number of unbranched alkanes of at least 4 members (excludes halogenated alkanes) is 20. The van der Waals surface area contributed by atoms with E-state index in [2.05, 4.69) is 81.5 Å². The SMILES string of the molecule is CC/C=C\C/C=C\C/C=C\C/C=C\CCC(=O)OCC(COP(=O)(O)OCC(CO)OC(=O)CCCCCCCCCCCCC)OC(=O)CCCCCCCCC/C=C\C/C=C\CCCCC. The Bertz CT molecular complexity index is 1420. The summed E-state index contributed by atoms with van der Waals surface area (Å²) in [7, 11) is -4.76. The summed E-state index contributed by atoms with van der Waals surface area (Å²) in [5, 5.41) is 9.77. The fraction of sp³-hybridized carbons (Fsp3) is 0.732. The summed E-state index contributed by atoms with van der Waals surface area (Å²) < 4.78 is 39.3. The Morgan fingerprint density at radius 3 is 1.26 bits per heavy atom. The number of allylic oxidation sites excluding steroid dienone is 12. The van der Waals surface area contributed by atoms with Crippen LogP contribution in [-0.4, -0.2) is 66.5 Å². The summed E-state index contributed by atoms with van der Waals surface area (Å²) in [5.41, 5.74) is 0. The minimum absolute atomic E-state index is 0.103. The van der Waals surface area contributed by atoms with Crippen LogP contribution >= 0.6 is 7.82 Å². The molecule has 0 amide bonds. The van der Waals surface area contributed by atoms with Gasteiger partial charge in [-0.1, -0.05) is 203 Å². The third-order valence-electron chi connectivity index (χ3n) is 11.1. The van der Waals surface area contributed by atoms with Crippen LogP contribution in [0.4, 0.5) is 0 Å². The maximum absolute atomic E-state index is 12.9. The van der Waals surface area contributed by atoms with Crippen LogP contribution in [-0.2, 0) is 42.2 Å². The lowest BCUT2D eigenvalue weighted by molar-refractivity contribution is -0.161. The van der Waals surface area contributed by atoms with E-state index in [0.717, 1.165) is 83.5 Å². The zero-order chi connectivity index (χ0) is 49.9. The molecule has 0 rings (SSSR count). The van der Waals surface area contributed by atoms with Crippen LogP contribution in [0.15, 0.2) is 72.9 Å². The van der Waals surface area contributed by atoms with Gasteiger partial charge in [0.2, 0.25) is 0 Å². The zero-order valence-corrected chi connectivity index (χ0v) is 43.9. The highest BCUT2D eigenvalue weighted by atomic mass is 31.2. The second-order valence-corrected chi connectivity index (χ2v) is 19.1. The van der Waals surface area contributed by atoms with E-state index < -0.39 is 57.8 Å². The zero-order valence-electron chi connectivity index (χ0n) is 43.1. The van der Waals surface area contributed by atoms with Crippen LogP contribution in [0.5, 0.6) is 0 Å². The molecule has 392 valence electrons. The predicted molar refractivity (Wildman–Crippen MR) is 279 cm³/mol. The number of phosphoric ester groups is 1. The second-order valence-electron chi connectivity index (χ2n) is 17.7. The largest absolute Gasteiger partial charge is 0.472 e. The first-order chi connectivity index (χ1) is 33.2. The maximum Gasteiger partial charge on any atom is 0.472 e. The highest BCUT2D eigenvalue weighted by Crippen LogP contribution is 2.43. The summed E-state index contributed by atoms with van der Waals surface area (Å²) in [6.45, 7) is 4.40. The van der Waals surface area contributed by atoms with Gasteiger partial charge >= 0.3 is 25.7 Å². The highest BCUT2D eigenvalue weighted by Gasteiger charge is 2.28. The number of ether oxygens (including phenoxy) is 3. The first kappa shape index (κ1) is 64.9. The Hall–Kier alpha value is -3.08. The van der Waals surface area contributed by atoms with Gasteiger partial charge in [-0.25, -0.2) is 4.57 Å². The fourth-order valence-electron chi connectivity index (χ4n) is 7.05. The molecule has 0 heterocycles. The van der Waals surface area contributed by atoms with E-state index >= 15 is 0 Å². The van der Waals surface area contributed by atoms with Crippen molar-refractivity contribution >= 4 is 25.7 Å². The lowest BCUT2D eigenvalue weighted by atomic mass is 10.1. The molecule has 0 fully saturated rings. The van der Waals surface area contributed by atoms with Gasteiger partial charge in [0.05, 0.1) is 19.8 Å². The van der Waals surface area contributed by atoms with Crippen molar-refractivity contribution in [3.8, 4) is 0 Å². The number of carbonyl (C=O) groups excluding carboxylic acids is 3. The molecule has 0 radical (unpaired) electrons. The molecule has 0 aromatic carbocycles. The summed E-state index contributed by atoms with van der Waals surface area (Å²) in [5.74, 6) is -1.57. The topological polar surface area (TPSA) is 155 Å². The van der Waals surface area contributed by atoms with Crippen molar-refractivity contribution in [3.63, 3.8) is 0 Å². The van der Waals surface area contributed by atoms with Gasteiger partial charge in [-0.05, 0) is 77.0 Å². The fourth-order valence-corrected chi connectivity index (χ4v) is 7.83. The normalized spacial score (nSPS) is 14.0. The van der Waals surface area contributed by atoms with Crippen LogP contribution in [0.25, 0.3) is 0 Å². The van der Waals surface area contributed by atoms with E-state index in [1.165, 1.54) is 83.5 Å². The van der Waals surface area contributed by atoms with E-state index in [0.29, 0.717) is 19.3 Å². The number of aliphatic hydroxyl groups is 1.